The highest BCUT2D eigenvalue weighted by molar-refractivity contribution is 5.95. The van der Waals surface area contributed by atoms with E-state index in [1.165, 1.54) is 5.69 Å². The zero-order chi connectivity index (χ0) is 13.2. The van der Waals surface area contributed by atoms with Crippen LogP contribution in [0.1, 0.15) is 10.4 Å². The summed E-state index contributed by atoms with van der Waals surface area (Å²) in [7, 11) is 0. The van der Waals surface area contributed by atoms with Crippen molar-refractivity contribution in [2.24, 2.45) is 0 Å². The number of benzene rings is 2. The Morgan fingerprint density at radius 3 is 2.47 bits per heavy atom. The standard InChI is InChI=1S/C15H15NO3/c17-15(18)13-2-1-12-10-14(4-3-11(12)9-13)16-5-7-19-8-6-16/h1-4,9-10H,5-8H2,(H,17,18). The lowest BCUT2D eigenvalue weighted by Gasteiger charge is -2.29. The number of nitrogens with zero attached hydrogens (tertiary/aromatic N) is 1. The van der Waals surface area contributed by atoms with Gasteiger partial charge in [-0.15, -0.1) is 0 Å². The van der Waals surface area contributed by atoms with E-state index in [9.17, 15) is 4.79 Å². The first-order chi connectivity index (χ1) is 9.24. The Labute approximate surface area is 111 Å². The fourth-order valence-electron chi connectivity index (χ4n) is 2.38. The number of carboxylic acid groups (broad SMARTS) is 1. The first kappa shape index (κ1) is 12.0. The molecule has 1 aliphatic heterocycles. The van der Waals surface area contributed by atoms with Crippen LogP contribution in [-0.2, 0) is 4.74 Å². The molecule has 0 radical (unpaired) electrons. The van der Waals surface area contributed by atoms with Gasteiger partial charge in [-0.05, 0) is 35.0 Å². The lowest BCUT2D eigenvalue weighted by atomic mass is 10.1. The van der Waals surface area contributed by atoms with Crippen LogP contribution in [0.25, 0.3) is 10.8 Å². The molecule has 19 heavy (non-hydrogen) atoms. The maximum Gasteiger partial charge on any atom is 0.335 e. The van der Waals surface area contributed by atoms with Gasteiger partial charge in [0, 0.05) is 18.8 Å². The van der Waals surface area contributed by atoms with Gasteiger partial charge in [0.2, 0.25) is 0 Å². The molecule has 1 saturated heterocycles. The molecule has 0 aromatic heterocycles. The Kier molecular flexibility index (Phi) is 3.09. The highest BCUT2D eigenvalue weighted by Gasteiger charge is 2.11. The van der Waals surface area contributed by atoms with Gasteiger partial charge < -0.3 is 14.7 Å². The molecule has 0 saturated carbocycles. The van der Waals surface area contributed by atoms with Crippen LogP contribution in [0.2, 0.25) is 0 Å². The third kappa shape index (κ3) is 2.39. The second-order valence-corrected chi connectivity index (χ2v) is 4.65. The Balaban J connectivity index is 1.97. The van der Waals surface area contributed by atoms with E-state index in [1.807, 2.05) is 18.2 Å². The molecule has 1 heterocycles. The molecule has 0 bridgehead atoms. The molecular weight excluding hydrogens is 242 g/mol. The molecule has 98 valence electrons. The van der Waals surface area contributed by atoms with E-state index >= 15 is 0 Å². The summed E-state index contributed by atoms with van der Waals surface area (Å²) in [5, 5.41) is 11.0. The van der Waals surface area contributed by atoms with Crippen molar-refractivity contribution in [3.63, 3.8) is 0 Å². The molecule has 4 nitrogen and oxygen atoms in total. The van der Waals surface area contributed by atoms with E-state index in [-0.39, 0.29) is 0 Å². The number of ether oxygens (including phenoxy) is 1. The summed E-state index contributed by atoms with van der Waals surface area (Å²) in [4.78, 5) is 13.2. The third-order valence-corrected chi connectivity index (χ3v) is 3.45. The summed E-state index contributed by atoms with van der Waals surface area (Å²) in [6.45, 7) is 3.32. The molecule has 1 N–H and O–H groups in total. The predicted octanol–water partition coefficient (Wildman–Crippen LogP) is 2.37. The van der Waals surface area contributed by atoms with Crippen molar-refractivity contribution < 1.29 is 14.6 Å². The smallest absolute Gasteiger partial charge is 0.335 e. The number of carboxylic acids is 1. The van der Waals surface area contributed by atoms with Crippen LogP contribution in [0.5, 0.6) is 0 Å². The molecule has 0 atom stereocenters. The van der Waals surface area contributed by atoms with Crippen molar-refractivity contribution in [1.29, 1.82) is 0 Å². The maximum atomic E-state index is 10.9. The quantitative estimate of drug-likeness (QED) is 0.897. The van der Waals surface area contributed by atoms with Crippen molar-refractivity contribution in [3.8, 4) is 0 Å². The maximum absolute atomic E-state index is 10.9. The summed E-state index contributed by atoms with van der Waals surface area (Å²) in [5.74, 6) is -0.890. The van der Waals surface area contributed by atoms with Crippen LogP contribution >= 0.6 is 0 Å². The normalized spacial score (nSPS) is 15.7. The van der Waals surface area contributed by atoms with E-state index < -0.39 is 5.97 Å². The molecule has 2 aromatic carbocycles. The van der Waals surface area contributed by atoms with Gasteiger partial charge in [0.25, 0.3) is 0 Å². The van der Waals surface area contributed by atoms with Crippen LogP contribution in [0.3, 0.4) is 0 Å². The SMILES string of the molecule is O=C(O)c1ccc2cc(N3CCOCC3)ccc2c1. The highest BCUT2D eigenvalue weighted by atomic mass is 16.5. The first-order valence-electron chi connectivity index (χ1n) is 6.34. The number of fused-ring (bicyclic) bond motifs is 1. The number of aromatic carboxylic acids is 1. The monoisotopic (exact) mass is 257 g/mol. The van der Waals surface area contributed by atoms with Crippen molar-refractivity contribution >= 4 is 22.4 Å². The molecule has 3 rings (SSSR count). The minimum atomic E-state index is -0.890. The van der Waals surface area contributed by atoms with Gasteiger partial charge in [-0.1, -0.05) is 12.1 Å². The minimum absolute atomic E-state index is 0.326. The van der Waals surface area contributed by atoms with E-state index in [0.717, 1.165) is 37.1 Å². The number of anilines is 1. The number of hydrogen-bond acceptors (Lipinski definition) is 3. The van der Waals surface area contributed by atoms with Crippen molar-refractivity contribution in [1.82, 2.24) is 0 Å². The van der Waals surface area contributed by atoms with Gasteiger partial charge in [0.05, 0.1) is 18.8 Å². The Morgan fingerprint density at radius 2 is 1.74 bits per heavy atom. The second kappa shape index (κ2) is 4.90. The molecular formula is C15H15NO3. The van der Waals surface area contributed by atoms with Crippen LogP contribution in [0, 0.1) is 0 Å². The Hall–Kier alpha value is -2.07. The topological polar surface area (TPSA) is 49.8 Å². The fraction of sp³-hybridized carbons (Fsp3) is 0.267. The summed E-state index contributed by atoms with van der Waals surface area (Å²) >= 11 is 0. The van der Waals surface area contributed by atoms with Gasteiger partial charge in [-0.2, -0.15) is 0 Å². The van der Waals surface area contributed by atoms with E-state index in [4.69, 9.17) is 9.84 Å². The van der Waals surface area contributed by atoms with Crippen LogP contribution in [0.4, 0.5) is 5.69 Å². The summed E-state index contributed by atoms with van der Waals surface area (Å²) in [6, 6.07) is 11.3. The van der Waals surface area contributed by atoms with E-state index in [1.54, 1.807) is 12.1 Å². The van der Waals surface area contributed by atoms with E-state index in [0.29, 0.717) is 5.56 Å². The Morgan fingerprint density at radius 1 is 1.05 bits per heavy atom. The largest absolute Gasteiger partial charge is 0.478 e. The zero-order valence-electron chi connectivity index (χ0n) is 10.5. The highest BCUT2D eigenvalue weighted by Crippen LogP contribution is 2.24. The zero-order valence-corrected chi connectivity index (χ0v) is 10.5. The molecule has 0 aliphatic carbocycles. The molecule has 1 fully saturated rings. The lowest BCUT2D eigenvalue weighted by Crippen LogP contribution is -2.36. The van der Waals surface area contributed by atoms with Gasteiger partial charge in [-0.25, -0.2) is 4.79 Å². The predicted molar refractivity (Wildman–Crippen MR) is 73.9 cm³/mol. The third-order valence-electron chi connectivity index (χ3n) is 3.45. The van der Waals surface area contributed by atoms with Crippen LogP contribution in [-0.4, -0.2) is 37.4 Å². The van der Waals surface area contributed by atoms with Crippen molar-refractivity contribution in [3.05, 3.63) is 42.0 Å². The number of carbonyl (C=O) groups is 1. The minimum Gasteiger partial charge on any atom is -0.478 e. The summed E-state index contributed by atoms with van der Waals surface area (Å²) in [6.07, 6.45) is 0. The van der Waals surface area contributed by atoms with Crippen LogP contribution in [0.15, 0.2) is 36.4 Å². The number of rotatable bonds is 2. The van der Waals surface area contributed by atoms with Gasteiger partial charge in [0.1, 0.15) is 0 Å². The lowest BCUT2D eigenvalue weighted by molar-refractivity contribution is 0.0697. The van der Waals surface area contributed by atoms with Gasteiger partial charge in [-0.3, -0.25) is 0 Å². The second-order valence-electron chi connectivity index (χ2n) is 4.65. The first-order valence-corrected chi connectivity index (χ1v) is 6.34. The number of morpholine rings is 1. The van der Waals surface area contributed by atoms with Crippen LogP contribution < -0.4 is 4.90 Å². The van der Waals surface area contributed by atoms with Gasteiger partial charge >= 0.3 is 5.97 Å². The summed E-state index contributed by atoms with van der Waals surface area (Å²) in [5.41, 5.74) is 1.49. The van der Waals surface area contributed by atoms with Gasteiger partial charge in [0.15, 0.2) is 0 Å². The van der Waals surface area contributed by atoms with Crippen molar-refractivity contribution in [2.45, 2.75) is 0 Å². The molecule has 0 amide bonds. The molecule has 1 aliphatic rings. The average molecular weight is 257 g/mol. The van der Waals surface area contributed by atoms with Crippen molar-refractivity contribution in [2.75, 3.05) is 31.2 Å². The molecule has 2 aromatic rings. The number of hydrogen-bond donors (Lipinski definition) is 1. The molecule has 4 heteroatoms. The fourth-order valence-corrected chi connectivity index (χ4v) is 2.38. The molecule has 0 unspecified atom stereocenters. The van der Waals surface area contributed by atoms with E-state index in [2.05, 4.69) is 11.0 Å². The molecule has 0 spiro atoms. The summed E-state index contributed by atoms with van der Waals surface area (Å²) < 4.78 is 5.34. The Bertz CT molecular complexity index is 618. The average Bonchev–Trinajstić information content (AvgIpc) is 2.47.